The third-order valence-electron chi connectivity index (χ3n) is 2.50. The Labute approximate surface area is 108 Å². The van der Waals surface area contributed by atoms with Gasteiger partial charge in [-0.3, -0.25) is 0 Å². The van der Waals surface area contributed by atoms with Gasteiger partial charge in [-0.2, -0.15) is 5.26 Å². The fourth-order valence-electron chi connectivity index (χ4n) is 1.40. The Morgan fingerprint density at radius 2 is 2.17 bits per heavy atom. The second-order valence-electron chi connectivity index (χ2n) is 4.53. The minimum atomic E-state index is -0.497. The van der Waals surface area contributed by atoms with Crippen LogP contribution in [-0.2, 0) is 4.74 Å². The van der Waals surface area contributed by atoms with E-state index in [9.17, 15) is 4.39 Å². The number of halogens is 1. The van der Waals surface area contributed by atoms with Gasteiger partial charge in [0.15, 0.2) is 0 Å². The minimum absolute atomic E-state index is 0.0636. The van der Waals surface area contributed by atoms with E-state index in [-0.39, 0.29) is 5.56 Å². The molecule has 3 nitrogen and oxygen atoms in total. The summed E-state index contributed by atoms with van der Waals surface area (Å²) in [5, 5.41) is 11.6. The SMILES string of the molecule is CC(C)CCOCCNc1ccc(C#N)c(F)c1. The van der Waals surface area contributed by atoms with Gasteiger partial charge in [-0.15, -0.1) is 0 Å². The molecule has 1 aromatic rings. The minimum Gasteiger partial charge on any atom is -0.383 e. The number of nitrogens with zero attached hydrogens (tertiary/aromatic N) is 1. The molecule has 1 N–H and O–H groups in total. The Morgan fingerprint density at radius 3 is 2.78 bits per heavy atom. The van der Waals surface area contributed by atoms with E-state index in [2.05, 4.69) is 19.2 Å². The first-order valence-electron chi connectivity index (χ1n) is 6.14. The number of nitrogens with one attached hydrogen (secondary N) is 1. The van der Waals surface area contributed by atoms with Crippen LogP contribution in [0.25, 0.3) is 0 Å². The molecule has 0 bridgehead atoms. The second-order valence-corrected chi connectivity index (χ2v) is 4.53. The molecule has 0 aromatic heterocycles. The number of hydrogen-bond acceptors (Lipinski definition) is 3. The molecular weight excluding hydrogens is 231 g/mol. The van der Waals surface area contributed by atoms with Crippen molar-refractivity contribution in [3.05, 3.63) is 29.6 Å². The summed E-state index contributed by atoms with van der Waals surface area (Å²) in [6.45, 7) is 6.28. The van der Waals surface area contributed by atoms with Crippen LogP contribution in [0.15, 0.2) is 18.2 Å². The highest BCUT2D eigenvalue weighted by atomic mass is 19.1. The van der Waals surface area contributed by atoms with Crippen molar-refractivity contribution in [1.82, 2.24) is 0 Å². The van der Waals surface area contributed by atoms with E-state index in [1.165, 1.54) is 12.1 Å². The van der Waals surface area contributed by atoms with Crippen molar-refractivity contribution in [2.75, 3.05) is 25.1 Å². The van der Waals surface area contributed by atoms with Gasteiger partial charge in [0, 0.05) is 18.8 Å². The van der Waals surface area contributed by atoms with Crippen molar-refractivity contribution in [2.45, 2.75) is 20.3 Å². The largest absolute Gasteiger partial charge is 0.383 e. The Morgan fingerprint density at radius 1 is 1.39 bits per heavy atom. The summed E-state index contributed by atoms with van der Waals surface area (Å²) >= 11 is 0. The van der Waals surface area contributed by atoms with E-state index in [1.807, 2.05) is 0 Å². The van der Waals surface area contributed by atoms with Crippen LogP contribution in [0.4, 0.5) is 10.1 Å². The molecular formula is C14H19FN2O. The van der Waals surface area contributed by atoms with Crippen molar-refractivity contribution in [3.8, 4) is 6.07 Å². The molecule has 0 heterocycles. The summed E-state index contributed by atoms with van der Waals surface area (Å²) in [5.41, 5.74) is 0.729. The summed E-state index contributed by atoms with van der Waals surface area (Å²) in [7, 11) is 0. The van der Waals surface area contributed by atoms with E-state index in [4.69, 9.17) is 10.00 Å². The fourth-order valence-corrected chi connectivity index (χ4v) is 1.40. The highest BCUT2D eigenvalue weighted by molar-refractivity contribution is 5.48. The maximum Gasteiger partial charge on any atom is 0.143 e. The molecule has 0 aliphatic rings. The predicted molar refractivity (Wildman–Crippen MR) is 69.9 cm³/mol. The van der Waals surface area contributed by atoms with E-state index >= 15 is 0 Å². The topological polar surface area (TPSA) is 45.0 Å². The summed E-state index contributed by atoms with van der Waals surface area (Å²) in [5.74, 6) is 0.147. The summed E-state index contributed by atoms with van der Waals surface area (Å²) in [6.07, 6.45) is 1.05. The standard InChI is InChI=1S/C14H19FN2O/c1-11(2)5-7-18-8-6-17-13-4-3-12(10-16)14(15)9-13/h3-4,9,11,17H,5-8H2,1-2H3. The van der Waals surface area contributed by atoms with Crippen LogP contribution in [0.3, 0.4) is 0 Å². The smallest absolute Gasteiger partial charge is 0.143 e. The number of ether oxygens (including phenoxy) is 1. The summed E-state index contributed by atoms with van der Waals surface area (Å²) in [6, 6.07) is 6.28. The van der Waals surface area contributed by atoms with E-state index in [0.29, 0.717) is 24.8 Å². The summed E-state index contributed by atoms with van der Waals surface area (Å²) < 4.78 is 18.7. The van der Waals surface area contributed by atoms with Gasteiger partial charge in [-0.05, 0) is 30.5 Å². The van der Waals surface area contributed by atoms with Gasteiger partial charge in [0.2, 0.25) is 0 Å². The third kappa shape index (κ3) is 5.15. The van der Waals surface area contributed by atoms with Crippen molar-refractivity contribution < 1.29 is 9.13 Å². The first-order valence-corrected chi connectivity index (χ1v) is 6.14. The highest BCUT2D eigenvalue weighted by Gasteiger charge is 2.01. The third-order valence-corrected chi connectivity index (χ3v) is 2.50. The van der Waals surface area contributed by atoms with Gasteiger partial charge >= 0.3 is 0 Å². The van der Waals surface area contributed by atoms with Gasteiger partial charge in [0.1, 0.15) is 11.9 Å². The molecule has 0 fully saturated rings. The van der Waals surface area contributed by atoms with Crippen LogP contribution in [0.1, 0.15) is 25.8 Å². The number of nitriles is 1. The molecule has 0 aliphatic carbocycles. The van der Waals surface area contributed by atoms with Gasteiger partial charge < -0.3 is 10.1 Å². The molecule has 0 atom stereocenters. The van der Waals surface area contributed by atoms with Crippen molar-refractivity contribution in [3.63, 3.8) is 0 Å². The lowest BCUT2D eigenvalue weighted by Gasteiger charge is -2.08. The zero-order chi connectivity index (χ0) is 13.4. The van der Waals surface area contributed by atoms with Gasteiger partial charge in [0.05, 0.1) is 12.2 Å². The number of anilines is 1. The molecule has 0 amide bonds. The highest BCUT2D eigenvalue weighted by Crippen LogP contribution is 2.13. The Balaban J connectivity index is 2.24. The molecule has 0 saturated heterocycles. The molecule has 0 radical (unpaired) electrons. The van der Waals surface area contributed by atoms with Crippen LogP contribution in [0.5, 0.6) is 0 Å². The van der Waals surface area contributed by atoms with Crippen molar-refractivity contribution >= 4 is 5.69 Å². The Bertz CT molecular complexity index is 413. The van der Waals surface area contributed by atoms with E-state index in [0.717, 1.165) is 13.0 Å². The van der Waals surface area contributed by atoms with Gasteiger partial charge in [-0.1, -0.05) is 13.8 Å². The second kappa shape index (κ2) is 7.67. The van der Waals surface area contributed by atoms with E-state index in [1.54, 1.807) is 12.1 Å². The quantitative estimate of drug-likeness (QED) is 0.756. The molecule has 1 rings (SSSR count). The Hall–Kier alpha value is -1.60. The zero-order valence-corrected chi connectivity index (χ0v) is 10.9. The molecule has 98 valence electrons. The first-order chi connectivity index (χ1) is 8.63. The maximum atomic E-state index is 13.3. The molecule has 4 heteroatoms. The molecule has 0 unspecified atom stereocenters. The van der Waals surface area contributed by atoms with Crippen molar-refractivity contribution in [1.29, 1.82) is 5.26 Å². The van der Waals surface area contributed by atoms with Crippen LogP contribution < -0.4 is 5.32 Å². The van der Waals surface area contributed by atoms with Crippen LogP contribution in [0.2, 0.25) is 0 Å². The molecule has 1 aromatic carbocycles. The van der Waals surface area contributed by atoms with Crippen molar-refractivity contribution in [2.24, 2.45) is 5.92 Å². The maximum absolute atomic E-state index is 13.3. The normalized spacial score (nSPS) is 10.4. The van der Waals surface area contributed by atoms with Gasteiger partial charge in [0.25, 0.3) is 0 Å². The molecule has 0 spiro atoms. The van der Waals surface area contributed by atoms with Crippen LogP contribution in [0, 0.1) is 23.1 Å². The average molecular weight is 250 g/mol. The monoisotopic (exact) mass is 250 g/mol. The molecule has 18 heavy (non-hydrogen) atoms. The summed E-state index contributed by atoms with van der Waals surface area (Å²) in [4.78, 5) is 0. The number of benzene rings is 1. The molecule has 0 saturated carbocycles. The van der Waals surface area contributed by atoms with Crippen LogP contribution in [-0.4, -0.2) is 19.8 Å². The lowest BCUT2D eigenvalue weighted by Crippen LogP contribution is -2.11. The lowest BCUT2D eigenvalue weighted by molar-refractivity contribution is 0.132. The predicted octanol–water partition coefficient (Wildman–Crippen LogP) is 3.17. The average Bonchev–Trinajstić information content (AvgIpc) is 2.33. The van der Waals surface area contributed by atoms with E-state index < -0.39 is 5.82 Å². The van der Waals surface area contributed by atoms with Crippen LogP contribution >= 0.6 is 0 Å². The molecule has 0 aliphatic heterocycles. The lowest BCUT2D eigenvalue weighted by atomic mass is 10.1. The zero-order valence-electron chi connectivity index (χ0n) is 10.9. The fraction of sp³-hybridized carbons (Fsp3) is 0.500. The Kier molecular flexibility index (Phi) is 6.16. The van der Waals surface area contributed by atoms with Gasteiger partial charge in [-0.25, -0.2) is 4.39 Å². The number of rotatable bonds is 7. The number of hydrogen-bond donors (Lipinski definition) is 1. The first kappa shape index (κ1) is 14.5.